The van der Waals surface area contributed by atoms with Gasteiger partial charge in [-0.2, -0.15) is 0 Å². The van der Waals surface area contributed by atoms with Gasteiger partial charge in [0.1, 0.15) is 0 Å². The number of nitrogens with one attached hydrogen (secondary N) is 1. The van der Waals surface area contributed by atoms with E-state index < -0.39 is 18.0 Å². The molecule has 1 atom stereocenters. The Labute approximate surface area is 179 Å². The molecule has 31 heavy (non-hydrogen) atoms. The number of rotatable bonds is 9. The molecule has 1 amide bonds. The zero-order valence-electron chi connectivity index (χ0n) is 17.6. The van der Waals surface area contributed by atoms with Crippen LogP contribution in [0.2, 0.25) is 0 Å². The Morgan fingerprint density at radius 3 is 2.48 bits per heavy atom. The minimum atomic E-state index is -0.994. The third kappa shape index (κ3) is 5.81. The molecule has 0 bridgehead atoms. The zero-order chi connectivity index (χ0) is 22.2. The molecule has 1 heterocycles. The Morgan fingerprint density at radius 2 is 1.77 bits per heavy atom. The number of hydrogen-bond acceptors (Lipinski definition) is 7. The topological polar surface area (TPSA) is 105 Å². The van der Waals surface area contributed by atoms with E-state index >= 15 is 0 Å². The van der Waals surface area contributed by atoms with Crippen molar-refractivity contribution in [3.05, 3.63) is 71.5 Å². The highest BCUT2D eigenvalue weighted by atomic mass is 16.5. The number of nitrogens with zero attached hydrogens (tertiary/aromatic N) is 3. The van der Waals surface area contributed by atoms with E-state index in [9.17, 15) is 9.59 Å². The summed E-state index contributed by atoms with van der Waals surface area (Å²) in [5.41, 5.74) is 1.87. The quantitative estimate of drug-likeness (QED) is 0.525. The second-order valence-corrected chi connectivity index (χ2v) is 6.74. The van der Waals surface area contributed by atoms with Crippen molar-refractivity contribution < 1.29 is 23.8 Å². The van der Waals surface area contributed by atoms with Crippen LogP contribution >= 0.6 is 0 Å². The number of aromatic nitrogens is 3. The van der Waals surface area contributed by atoms with Crippen molar-refractivity contribution in [1.29, 1.82) is 0 Å². The van der Waals surface area contributed by atoms with Crippen LogP contribution in [-0.2, 0) is 22.6 Å². The van der Waals surface area contributed by atoms with Gasteiger partial charge < -0.3 is 19.5 Å². The van der Waals surface area contributed by atoms with Crippen LogP contribution in [0, 0.1) is 0 Å². The maximum absolute atomic E-state index is 12.3. The molecule has 1 N–H and O–H groups in total. The summed E-state index contributed by atoms with van der Waals surface area (Å²) >= 11 is 0. The summed E-state index contributed by atoms with van der Waals surface area (Å²) in [6.07, 6.45) is 0.496. The average Bonchev–Trinajstić information content (AvgIpc) is 3.26. The van der Waals surface area contributed by atoms with Crippen molar-refractivity contribution in [3.8, 4) is 11.5 Å². The molecule has 9 nitrogen and oxygen atoms in total. The molecule has 3 aromatic rings. The average molecular weight is 424 g/mol. The summed E-state index contributed by atoms with van der Waals surface area (Å²) in [6, 6.07) is 15.0. The fourth-order valence-corrected chi connectivity index (χ4v) is 2.84. The molecule has 0 saturated heterocycles. The van der Waals surface area contributed by atoms with Gasteiger partial charge in [0.05, 0.1) is 27.0 Å². The first-order chi connectivity index (χ1) is 15.0. The lowest BCUT2D eigenvalue weighted by Crippen LogP contribution is -2.35. The Balaban J connectivity index is 1.52. The van der Waals surface area contributed by atoms with Crippen LogP contribution in [0.1, 0.15) is 28.5 Å². The number of ether oxygens (including phenoxy) is 3. The molecule has 0 aliphatic rings. The van der Waals surface area contributed by atoms with Gasteiger partial charge in [0.25, 0.3) is 5.91 Å². The van der Waals surface area contributed by atoms with Gasteiger partial charge in [0, 0.05) is 6.54 Å². The molecule has 0 aliphatic carbocycles. The molecule has 162 valence electrons. The summed E-state index contributed by atoms with van der Waals surface area (Å²) in [4.78, 5) is 24.6. The number of carbonyl (C=O) groups is 2. The summed E-state index contributed by atoms with van der Waals surface area (Å²) in [7, 11) is 3.09. The van der Waals surface area contributed by atoms with E-state index in [-0.39, 0.29) is 12.2 Å². The molecular weight excluding hydrogens is 400 g/mol. The van der Waals surface area contributed by atoms with E-state index in [1.807, 2.05) is 36.4 Å². The van der Waals surface area contributed by atoms with Crippen LogP contribution in [0.3, 0.4) is 0 Å². The summed E-state index contributed by atoms with van der Waals surface area (Å²) in [5, 5.41) is 10.5. The van der Waals surface area contributed by atoms with E-state index in [1.165, 1.54) is 24.9 Å². The first-order valence-corrected chi connectivity index (χ1v) is 9.63. The van der Waals surface area contributed by atoms with Gasteiger partial charge in [-0.3, -0.25) is 4.79 Å². The molecule has 2 aromatic carbocycles. The molecule has 0 spiro atoms. The summed E-state index contributed by atoms with van der Waals surface area (Å²) in [6.45, 7) is 2.22. The molecule has 1 aromatic heterocycles. The Bertz CT molecular complexity index is 1040. The molecule has 0 aliphatic heterocycles. The first-order valence-electron chi connectivity index (χ1n) is 9.63. The van der Waals surface area contributed by atoms with Crippen molar-refractivity contribution in [2.24, 2.45) is 0 Å². The smallest absolute Gasteiger partial charge is 0.361 e. The molecule has 9 heteroatoms. The van der Waals surface area contributed by atoms with E-state index in [4.69, 9.17) is 14.2 Å². The number of carbonyl (C=O) groups excluding carboxylic acids is 2. The van der Waals surface area contributed by atoms with Crippen LogP contribution in [0.5, 0.6) is 11.5 Å². The molecule has 1 unspecified atom stereocenters. The standard InChI is InChI=1S/C22H24N4O5/c1-15(21(27)23-12-17-9-10-19(29-2)20(11-17)30-3)31-22(28)18-14-26(25-24-18)13-16-7-5-4-6-8-16/h4-11,14-15H,12-13H2,1-3H3,(H,23,27). The van der Waals surface area contributed by atoms with E-state index in [0.717, 1.165) is 11.1 Å². The Hall–Kier alpha value is -3.88. The minimum Gasteiger partial charge on any atom is -0.493 e. The predicted octanol–water partition coefficient (Wildman–Crippen LogP) is 2.21. The van der Waals surface area contributed by atoms with E-state index in [2.05, 4.69) is 15.6 Å². The maximum atomic E-state index is 12.3. The molecule has 0 radical (unpaired) electrons. The highest BCUT2D eigenvalue weighted by Gasteiger charge is 2.21. The van der Waals surface area contributed by atoms with Gasteiger partial charge >= 0.3 is 5.97 Å². The number of amides is 1. The Kier molecular flexibility index (Phi) is 7.21. The fourth-order valence-electron chi connectivity index (χ4n) is 2.84. The van der Waals surface area contributed by atoms with Crippen LogP contribution in [-0.4, -0.2) is 47.2 Å². The lowest BCUT2D eigenvalue weighted by Gasteiger charge is -2.13. The highest BCUT2D eigenvalue weighted by molar-refractivity contribution is 5.90. The van der Waals surface area contributed by atoms with Crippen molar-refractivity contribution in [3.63, 3.8) is 0 Å². The normalized spacial score (nSPS) is 11.5. The third-order valence-electron chi connectivity index (χ3n) is 4.50. The van der Waals surface area contributed by atoms with Gasteiger partial charge in [0.2, 0.25) is 0 Å². The first kappa shape index (κ1) is 21.8. The monoisotopic (exact) mass is 424 g/mol. The molecular formula is C22H24N4O5. The fraction of sp³-hybridized carbons (Fsp3) is 0.273. The maximum Gasteiger partial charge on any atom is 0.361 e. The van der Waals surface area contributed by atoms with Crippen molar-refractivity contribution >= 4 is 11.9 Å². The SMILES string of the molecule is COc1ccc(CNC(=O)C(C)OC(=O)c2cn(Cc3ccccc3)nn2)cc1OC. The van der Waals surface area contributed by atoms with Gasteiger partial charge in [0.15, 0.2) is 23.3 Å². The van der Waals surface area contributed by atoms with Gasteiger partial charge in [-0.15, -0.1) is 5.10 Å². The van der Waals surface area contributed by atoms with E-state index in [0.29, 0.717) is 18.0 Å². The van der Waals surface area contributed by atoms with Crippen molar-refractivity contribution in [1.82, 2.24) is 20.3 Å². The Morgan fingerprint density at radius 1 is 1.03 bits per heavy atom. The van der Waals surface area contributed by atoms with Gasteiger partial charge in [-0.1, -0.05) is 41.6 Å². The number of esters is 1. The highest BCUT2D eigenvalue weighted by Crippen LogP contribution is 2.27. The summed E-state index contributed by atoms with van der Waals surface area (Å²) < 4.78 is 17.2. The van der Waals surface area contributed by atoms with E-state index in [1.54, 1.807) is 19.2 Å². The summed E-state index contributed by atoms with van der Waals surface area (Å²) in [5.74, 6) is 0.0143. The van der Waals surface area contributed by atoms with Crippen LogP contribution in [0.15, 0.2) is 54.7 Å². The zero-order valence-corrected chi connectivity index (χ0v) is 17.6. The number of methoxy groups -OCH3 is 2. The number of benzene rings is 2. The van der Waals surface area contributed by atoms with Gasteiger partial charge in [-0.25, -0.2) is 9.48 Å². The molecule has 0 fully saturated rings. The second-order valence-electron chi connectivity index (χ2n) is 6.74. The van der Waals surface area contributed by atoms with Gasteiger partial charge in [-0.05, 0) is 30.2 Å². The largest absolute Gasteiger partial charge is 0.493 e. The third-order valence-corrected chi connectivity index (χ3v) is 4.50. The predicted molar refractivity (Wildman–Crippen MR) is 112 cm³/mol. The van der Waals surface area contributed by atoms with Crippen LogP contribution < -0.4 is 14.8 Å². The lowest BCUT2D eigenvalue weighted by molar-refractivity contribution is -0.129. The minimum absolute atomic E-state index is 0.0375. The molecule has 3 rings (SSSR count). The van der Waals surface area contributed by atoms with Crippen LogP contribution in [0.25, 0.3) is 0 Å². The molecule has 0 saturated carbocycles. The second kappa shape index (κ2) is 10.2. The van der Waals surface area contributed by atoms with Crippen molar-refractivity contribution in [2.45, 2.75) is 26.1 Å². The number of hydrogen-bond donors (Lipinski definition) is 1. The van der Waals surface area contributed by atoms with Crippen LogP contribution in [0.4, 0.5) is 0 Å². The van der Waals surface area contributed by atoms with Crippen molar-refractivity contribution in [2.75, 3.05) is 14.2 Å². The lowest BCUT2D eigenvalue weighted by atomic mass is 10.2.